The molecule has 13 nitrogen and oxygen atoms in total. The Morgan fingerprint density at radius 1 is 1.02 bits per heavy atom. The number of carboxylic acid groups (broad SMARTS) is 1. The van der Waals surface area contributed by atoms with E-state index in [0.717, 1.165) is 11.6 Å². The highest BCUT2D eigenvalue weighted by molar-refractivity contribution is 6.31. The summed E-state index contributed by atoms with van der Waals surface area (Å²) in [7, 11) is 6.77. The Balaban J connectivity index is 1.56. The zero-order valence-corrected chi connectivity index (χ0v) is 27.3. The van der Waals surface area contributed by atoms with Gasteiger partial charge in [-0.25, -0.2) is 9.18 Å². The van der Waals surface area contributed by atoms with E-state index in [1.54, 1.807) is 44.2 Å². The number of fused-ring (bicyclic) bond motifs is 1. The van der Waals surface area contributed by atoms with Crippen LogP contribution in [-0.2, 0) is 20.8 Å². The molecule has 4 aromatic rings. The molecule has 1 aliphatic heterocycles. The summed E-state index contributed by atoms with van der Waals surface area (Å²) < 4.78 is 16.5. The first-order chi connectivity index (χ1) is 22.9. The second kappa shape index (κ2) is 14.1. The number of amides is 3. The molecule has 1 aliphatic rings. The predicted molar refractivity (Wildman–Crippen MR) is 177 cm³/mol. The van der Waals surface area contributed by atoms with Crippen LogP contribution < -0.4 is 9.80 Å². The van der Waals surface area contributed by atoms with Crippen molar-refractivity contribution < 1.29 is 28.7 Å². The highest BCUT2D eigenvalue weighted by atomic mass is 35.5. The second-order valence-corrected chi connectivity index (χ2v) is 11.8. The van der Waals surface area contributed by atoms with E-state index >= 15 is 4.39 Å². The molecule has 1 unspecified atom stereocenters. The van der Waals surface area contributed by atoms with E-state index < -0.39 is 29.6 Å². The largest absolute Gasteiger partial charge is 0.478 e. The Labute approximate surface area is 280 Å². The molecule has 3 aromatic carbocycles. The number of rotatable bonds is 9. The fourth-order valence-electron chi connectivity index (χ4n) is 5.55. The van der Waals surface area contributed by atoms with Crippen LogP contribution in [0.3, 0.4) is 0 Å². The van der Waals surface area contributed by atoms with Crippen molar-refractivity contribution in [3.63, 3.8) is 0 Å². The number of likely N-dealkylation sites (N-methyl/N-ethyl adjacent to an activating group) is 3. The Morgan fingerprint density at radius 3 is 2.40 bits per heavy atom. The minimum atomic E-state index is -1.14. The Morgan fingerprint density at radius 2 is 1.75 bits per heavy atom. The first-order valence-corrected chi connectivity index (χ1v) is 15.1. The van der Waals surface area contributed by atoms with E-state index in [-0.39, 0.29) is 40.8 Å². The van der Waals surface area contributed by atoms with Gasteiger partial charge in [-0.05, 0) is 90.6 Å². The Hall–Kier alpha value is -5.47. The average Bonchev–Trinajstić information content (AvgIpc) is 3.61. The summed E-state index contributed by atoms with van der Waals surface area (Å²) in [6.07, 6.45) is 4.02. The molecule has 0 bridgehead atoms. The van der Waals surface area contributed by atoms with Crippen molar-refractivity contribution in [2.45, 2.75) is 12.5 Å². The Bertz CT molecular complexity index is 1900. The summed E-state index contributed by atoms with van der Waals surface area (Å²) in [5.74, 6) is -3.12. The number of carbonyl (C=O) groups is 4. The molecule has 48 heavy (non-hydrogen) atoms. The number of nitrogens with zero attached hydrogens (tertiary/aromatic N) is 8. The molecule has 248 valence electrons. The Kier molecular flexibility index (Phi) is 9.96. The van der Waals surface area contributed by atoms with Crippen LogP contribution in [-0.4, -0.2) is 100 Å². The zero-order valence-electron chi connectivity index (χ0n) is 26.5. The molecule has 0 saturated heterocycles. The smallest absolute Gasteiger partial charge is 0.335 e. The van der Waals surface area contributed by atoms with Gasteiger partial charge >= 0.3 is 5.97 Å². The molecular formula is C33H32ClFN8O5. The molecule has 0 fully saturated rings. The number of halogens is 2. The lowest BCUT2D eigenvalue weighted by Gasteiger charge is -2.39. The number of hydrogen-bond donors (Lipinski definition) is 1. The summed E-state index contributed by atoms with van der Waals surface area (Å²) in [5, 5.41) is 20.1. The molecule has 0 radical (unpaired) electrons. The monoisotopic (exact) mass is 674 g/mol. The molecule has 0 spiro atoms. The topological polar surface area (TPSA) is 145 Å². The third-order valence-corrected chi connectivity index (χ3v) is 8.32. The van der Waals surface area contributed by atoms with Crippen molar-refractivity contribution in [3.05, 3.63) is 100 Å². The maximum absolute atomic E-state index is 15.3. The summed E-state index contributed by atoms with van der Waals surface area (Å²) in [6, 6.07) is 12.7. The second-order valence-electron chi connectivity index (χ2n) is 11.4. The minimum absolute atomic E-state index is 0.0395. The molecule has 5 rings (SSSR count). The van der Waals surface area contributed by atoms with Crippen LogP contribution in [0.1, 0.15) is 33.1 Å². The SMILES string of the molecule is CN(C)CC(=O)N(C)c1cccc2c1CCN(C(=O)C=Cc1c(-n3cnnn3)ccc(Cl)c1F)C2C(=O)N(C)c1ccc(C(=O)O)cc1. The third kappa shape index (κ3) is 6.80. The van der Waals surface area contributed by atoms with Crippen molar-refractivity contribution in [2.75, 3.05) is 51.1 Å². The molecule has 15 heteroatoms. The number of benzene rings is 3. The van der Waals surface area contributed by atoms with Crippen LogP contribution in [0.15, 0.2) is 67.0 Å². The van der Waals surface area contributed by atoms with Gasteiger partial charge in [-0.1, -0.05) is 23.7 Å². The highest BCUT2D eigenvalue weighted by Gasteiger charge is 2.38. The van der Waals surface area contributed by atoms with E-state index in [1.807, 2.05) is 0 Å². The summed E-state index contributed by atoms with van der Waals surface area (Å²) >= 11 is 6.06. The molecule has 0 aliphatic carbocycles. The van der Waals surface area contributed by atoms with Gasteiger partial charge in [-0.15, -0.1) is 5.10 Å². The minimum Gasteiger partial charge on any atom is -0.478 e. The van der Waals surface area contributed by atoms with E-state index in [9.17, 15) is 24.3 Å². The van der Waals surface area contributed by atoms with E-state index in [2.05, 4.69) is 15.5 Å². The highest BCUT2D eigenvalue weighted by Crippen LogP contribution is 2.37. The molecule has 1 atom stereocenters. The van der Waals surface area contributed by atoms with Crippen molar-refractivity contribution >= 4 is 52.7 Å². The number of hydrogen-bond acceptors (Lipinski definition) is 8. The third-order valence-electron chi connectivity index (χ3n) is 8.03. The molecule has 3 amide bonds. The molecule has 1 N–H and O–H groups in total. The summed E-state index contributed by atoms with van der Waals surface area (Å²) in [4.78, 5) is 58.7. The molecule has 2 heterocycles. The van der Waals surface area contributed by atoms with E-state index in [0.29, 0.717) is 23.4 Å². The fraction of sp³-hybridized carbons (Fsp3) is 0.242. The average molecular weight is 675 g/mol. The van der Waals surface area contributed by atoms with Gasteiger partial charge in [-0.2, -0.15) is 4.68 Å². The number of aromatic nitrogens is 4. The maximum atomic E-state index is 15.3. The van der Waals surface area contributed by atoms with E-state index in [4.69, 9.17) is 11.6 Å². The van der Waals surface area contributed by atoms with Gasteiger partial charge < -0.3 is 24.7 Å². The lowest BCUT2D eigenvalue weighted by Crippen LogP contribution is -2.48. The van der Waals surface area contributed by atoms with Gasteiger partial charge in [0.15, 0.2) is 5.82 Å². The molecular weight excluding hydrogens is 643 g/mol. The van der Waals surface area contributed by atoms with Crippen LogP contribution in [0.2, 0.25) is 5.02 Å². The van der Waals surface area contributed by atoms with E-state index in [1.165, 1.54) is 75.2 Å². The number of anilines is 2. The number of aromatic carboxylic acids is 1. The van der Waals surface area contributed by atoms with Gasteiger partial charge in [-0.3, -0.25) is 14.4 Å². The van der Waals surface area contributed by atoms with Crippen LogP contribution in [0.25, 0.3) is 11.8 Å². The first-order valence-electron chi connectivity index (χ1n) is 14.7. The van der Waals surface area contributed by atoms with Crippen LogP contribution >= 0.6 is 11.6 Å². The quantitative estimate of drug-likeness (QED) is 0.264. The lowest BCUT2D eigenvalue weighted by atomic mass is 9.89. The number of tetrazole rings is 1. The summed E-state index contributed by atoms with van der Waals surface area (Å²) in [5.41, 5.74) is 2.52. The molecule has 0 saturated carbocycles. The van der Waals surface area contributed by atoms with Crippen molar-refractivity contribution in [1.82, 2.24) is 30.0 Å². The first kappa shape index (κ1) is 33.9. The lowest BCUT2D eigenvalue weighted by molar-refractivity contribution is -0.136. The van der Waals surface area contributed by atoms with Crippen LogP contribution in [0.5, 0.6) is 0 Å². The van der Waals surface area contributed by atoms with Gasteiger partial charge in [0.25, 0.3) is 5.91 Å². The number of carbonyl (C=O) groups excluding carboxylic acids is 3. The fourth-order valence-corrected chi connectivity index (χ4v) is 5.72. The van der Waals surface area contributed by atoms with Crippen LogP contribution in [0.4, 0.5) is 15.8 Å². The van der Waals surface area contributed by atoms with Crippen molar-refractivity contribution in [3.8, 4) is 5.69 Å². The van der Waals surface area contributed by atoms with Crippen molar-refractivity contribution in [2.24, 2.45) is 0 Å². The van der Waals surface area contributed by atoms with Gasteiger partial charge in [0.1, 0.15) is 12.4 Å². The standard InChI is InChI=1S/C33H32ClFN8O5/c1-39(2)18-29(45)41(4)26-7-5-6-23-22(26)16-17-42(31(23)32(46)40(3)21-10-8-20(9-11-21)33(47)48)28(44)15-12-24-27(43-19-36-37-38-43)14-13-25(34)30(24)35/h5-15,19,31H,16-18H2,1-4H3,(H,47,48). The normalized spacial score (nSPS) is 14.2. The predicted octanol–water partition coefficient (Wildman–Crippen LogP) is 3.48. The van der Waals surface area contributed by atoms with Gasteiger partial charge in [0, 0.05) is 43.7 Å². The zero-order chi connectivity index (χ0) is 34.7. The van der Waals surface area contributed by atoms with Crippen molar-refractivity contribution in [1.29, 1.82) is 0 Å². The maximum Gasteiger partial charge on any atom is 0.335 e. The van der Waals surface area contributed by atoms with Gasteiger partial charge in [0.05, 0.1) is 22.8 Å². The summed E-state index contributed by atoms with van der Waals surface area (Å²) in [6.45, 7) is 0.267. The number of carboxylic acids is 1. The molecule has 1 aromatic heterocycles. The van der Waals surface area contributed by atoms with Crippen LogP contribution in [0, 0.1) is 5.82 Å². The van der Waals surface area contributed by atoms with Gasteiger partial charge in [0.2, 0.25) is 11.8 Å².